The van der Waals surface area contributed by atoms with E-state index in [0.29, 0.717) is 13.1 Å². The predicted molar refractivity (Wildman–Crippen MR) is 75.7 cm³/mol. The summed E-state index contributed by atoms with van der Waals surface area (Å²) in [6, 6.07) is 7.99. The highest BCUT2D eigenvalue weighted by molar-refractivity contribution is 5.97. The first-order chi connectivity index (χ1) is 8.77. The third-order valence-electron chi connectivity index (χ3n) is 2.77. The lowest BCUT2D eigenvalue weighted by molar-refractivity contribution is 0.970. The lowest BCUT2D eigenvalue weighted by Gasteiger charge is -1.98. The van der Waals surface area contributed by atoms with Crippen LogP contribution in [0.3, 0.4) is 0 Å². The monoisotopic (exact) mass is 242 g/mol. The van der Waals surface area contributed by atoms with Crippen LogP contribution < -0.4 is 0 Å². The standard InChI is InChI=1S/C14H18N4/c1-11(13-5-3-7-17-13)15-9-10-16-12(2)14-6-4-8-18-14/h3-8,17-18H,9-10H2,1-2H3. The number of nitrogens with one attached hydrogen (secondary N) is 2. The average Bonchev–Trinajstić information content (AvgIpc) is 3.05. The normalized spacial score (nSPS) is 13.0. The molecule has 4 heteroatoms. The first-order valence-corrected chi connectivity index (χ1v) is 6.07. The van der Waals surface area contributed by atoms with Gasteiger partial charge in [-0.3, -0.25) is 9.98 Å². The van der Waals surface area contributed by atoms with Crippen LogP contribution >= 0.6 is 0 Å². The molecule has 0 unspecified atom stereocenters. The highest BCUT2D eigenvalue weighted by Crippen LogP contribution is 1.99. The highest BCUT2D eigenvalue weighted by atomic mass is 14.9. The molecule has 0 radical (unpaired) electrons. The van der Waals surface area contributed by atoms with E-state index in [1.807, 2.05) is 50.5 Å². The van der Waals surface area contributed by atoms with Gasteiger partial charge < -0.3 is 9.97 Å². The zero-order valence-corrected chi connectivity index (χ0v) is 10.8. The summed E-state index contributed by atoms with van der Waals surface area (Å²) in [4.78, 5) is 15.3. The van der Waals surface area contributed by atoms with Gasteiger partial charge in [0.2, 0.25) is 0 Å². The molecule has 0 aliphatic heterocycles. The summed E-state index contributed by atoms with van der Waals surface area (Å²) in [5, 5.41) is 0. The molecule has 0 amide bonds. The van der Waals surface area contributed by atoms with E-state index >= 15 is 0 Å². The Balaban J connectivity index is 1.86. The van der Waals surface area contributed by atoms with Crippen LogP contribution in [0.2, 0.25) is 0 Å². The van der Waals surface area contributed by atoms with Crippen molar-refractivity contribution in [2.24, 2.45) is 9.98 Å². The molecule has 0 saturated heterocycles. The van der Waals surface area contributed by atoms with E-state index in [-0.39, 0.29) is 0 Å². The number of aliphatic imine (C=N–C) groups is 2. The zero-order valence-electron chi connectivity index (χ0n) is 10.8. The van der Waals surface area contributed by atoms with Crippen molar-refractivity contribution >= 4 is 11.4 Å². The fourth-order valence-electron chi connectivity index (χ4n) is 1.72. The van der Waals surface area contributed by atoms with Crippen molar-refractivity contribution in [3.63, 3.8) is 0 Å². The molecule has 0 atom stereocenters. The Labute approximate surface area is 107 Å². The van der Waals surface area contributed by atoms with Crippen molar-refractivity contribution in [3.05, 3.63) is 48.0 Å². The number of rotatable bonds is 5. The van der Waals surface area contributed by atoms with E-state index in [1.54, 1.807) is 0 Å². The van der Waals surface area contributed by atoms with E-state index in [2.05, 4.69) is 20.0 Å². The van der Waals surface area contributed by atoms with E-state index in [4.69, 9.17) is 0 Å². The van der Waals surface area contributed by atoms with Crippen LogP contribution in [0.1, 0.15) is 25.2 Å². The minimum atomic E-state index is 0.711. The van der Waals surface area contributed by atoms with Gasteiger partial charge in [-0.2, -0.15) is 0 Å². The summed E-state index contributed by atoms with van der Waals surface area (Å²) in [5.74, 6) is 0. The number of nitrogens with zero attached hydrogens (tertiary/aromatic N) is 2. The van der Waals surface area contributed by atoms with Gasteiger partial charge in [-0.25, -0.2) is 0 Å². The van der Waals surface area contributed by atoms with Gasteiger partial charge in [0.05, 0.1) is 35.9 Å². The van der Waals surface area contributed by atoms with Crippen molar-refractivity contribution in [1.82, 2.24) is 9.97 Å². The van der Waals surface area contributed by atoms with Gasteiger partial charge in [0, 0.05) is 12.4 Å². The fourth-order valence-corrected chi connectivity index (χ4v) is 1.72. The topological polar surface area (TPSA) is 56.3 Å². The first kappa shape index (κ1) is 12.4. The maximum absolute atomic E-state index is 4.49. The van der Waals surface area contributed by atoms with Crippen LogP contribution in [0, 0.1) is 0 Å². The van der Waals surface area contributed by atoms with Gasteiger partial charge in [0.1, 0.15) is 0 Å². The third kappa shape index (κ3) is 3.20. The summed E-state index contributed by atoms with van der Waals surface area (Å²) in [7, 11) is 0. The molecule has 0 aliphatic carbocycles. The van der Waals surface area contributed by atoms with Crippen LogP contribution in [0.5, 0.6) is 0 Å². The Morgan fingerprint density at radius 2 is 1.33 bits per heavy atom. The third-order valence-corrected chi connectivity index (χ3v) is 2.77. The number of hydrogen-bond donors (Lipinski definition) is 2. The van der Waals surface area contributed by atoms with Crippen LogP contribution in [0.15, 0.2) is 46.6 Å². The molecule has 2 aromatic heterocycles. The van der Waals surface area contributed by atoms with Crippen LogP contribution in [0.25, 0.3) is 0 Å². The summed E-state index contributed by atoms with van der Waals surface area (Å²) in [6.45, 7) is 5.44. The van der Waals surface area contributed by atoms with Gasteiger partial charge in [-0.05, 0) is 38.1 Å². The maximum atomic E-state index is 4.49. The number of aromatic nitrogens is 2. The molecule has 2 rings (SSSR count). The average molecular weight is 242 g/mol. The first-order valence-electron chi connectivity index (χ1n) is 6.07. The Bertz CT molecular complexity index is 468. The highest BCUT2D eigenvalue weighted by Gasteiger charge is 1.97. The molecule has 4 nitrogen and oxygen atoms in total. The number of aromatic amines is 2. The quantitative estimate of drug-likeness (QED) is 0.598. The SMILES string of the molecule is CC(=NCCN=C(C)c1ccc[nH]1)c1ccc[nH]1. The van der Waals surface area contributed by atoms with Crippen molar-refractivity contribution in [2.75, 3.05) is 13.1 Å². The van der Waals surface area contributed by atoms with Gasteiger partial charge in [0.15, 0.2) is 0 Å². The molecule has 2 aromatic rings. The lowest BCUT2D eigenvalue weighted by atomic mass is 10.3. The molecule has 0 saturated carbocycles. The molecule has 18 heavy (non-hydrogen) atoms. The molecular formula is C14H18N4. The summed E-state index contributed by atoms with van der Waals surface area (Å²) < 4.78 is 0. The van der Waals surface area contributed by atoms with Crippen molar-refractivity contribution in [3.8, 4) is 0 Å². The Hall–Kier alpha value is -2.10. The maximum Gasteiger partial charge on any atom is 0.0591 e. The number of H-pyrrole nitrogens is 2. The van der Waals surface area contributed by atoms with Gasteiger partial charge in [-0.15, -0.1) is 0 Å². The zero-order chi connectivity index (χ0) is 12.8. The summed E-state index contributed by atoms with van der Waals surface area (Å²) in [5.41, 5.74) is 4.18. The molecule has 0 aliphatic rings. The molecule has 2 heterocycles. The summed E-state index contributed by atoms with van der Waals surface area (Å²) >= 11 is 0. The van der Waals surface area contributed by atoms with Gasteiger partial charge in [-0.1, -0.05) is 0 Å². The van der Waals surface area contributed by atoms with Crippen molar-refractivity contribution in [1.29, 1.82) is 0 Å². The molecule has 0 spiro atoms. The van der Waals surface area contributed by atoms with Crippen LogP contribution in [0.4, 0.5) is 0 Å². The predicted octanol–water partition coefficient (Wildman–Crippen LogP) is 2.66. The van der Waals surface area contributed by atoms with Gasteiger partial charge in [0.25, 0.3) is 0 Å². The van der Waals surface area contributed by atoms with Crippen LogP contribution in [-0.2, 0) is 0 Å². The smallest absolute Gasteiger partial charge is 0.0591 e. The molecule has 0 aromatic carbocycles. The second kappa shape index (κ2) is 6.00. The molecular weight excluding hydrogens is 224 g/mol. The van der Waals surface area contributed by atoms with Gasteiger partial charge >= 0.3 is 0 Å². The second-order valence-corrected chi connectivity index (χ2v) is 4.10. The van der Waals surface area contributed by atoms with E-state index in [9.17, 15) is 0 Å². The Morgan fingerprint density at radius 3 is 1.67 bits per heavy atom. The lowest BCUT2D eigenvalue weighted by Crippen LogP contribution is -2.01. The van der Waals surface area contributed by atoms with E-state index < -0.39 is 0 Å². The number of hydrogen-bond acceptors (Lipinski definition) is 2. The largest absolute Gasteiger partial charge is 0.360 e. The van der Waals surface area contributed by atoms with Crippen molar-refractivity contribution < 1.29 is 0 Å². The van der Waals surface area contributed by atoms with Crippen molar-refractivity contribution in [2.45, 2.75) is 13.8 Å². The van der Waals surface area contributed by atoms with E-state index in [0.717, 1.165) is 22.8 Å². The molecule has 94 valence electrons. The van der Waals surface area contributed by atoms with E-state index in [1.165, 1.54) is 0 Å². The molecule has 0 bridgehead atoms. The Kier molecular flexibility index (Phi) is 4.12. The second-order valence-electron chi connectivity index (χ2n) is 4.10. The fraction of sp³-hybridized carbons (Fsp3) is 0.286. The summed E-state index contributed by atoms with van der Waals surface area (Å²) in [6.07, 6.45) is 3.81. The minimum Gasteiger partial charge on any atom is -0.360 e. The molecule has 2 N–H and O–H groups in total. The van der Waals surface area contributed by atoms with Crippen LogP contribution in [-0.4, -0.2) is 34.5 Å². The molecule has 0 fully saturated rings. The Morgan fingerprint density at radius 1 is 0.889 bits per heavy atom. The minimum absolute atomic E-state index is 0.711.